The highest BCUT2D eigenvalue weighted by Gasteiger charge is 2.18. The minimum absolute atomic E-state index is 0.296. The van der Waals surface area contributed by atoms with Gasteiger partial charge in [-0.15, -0.1) is 0 Å². The van der Waals surface area contributed by atoms with Gasteiger partial charge in [-0.1, -0.05) is 25.7 Å². The van der Waals surface area contributed by atoms with Crippen LogP contribution in [0.4, 0.5) is 0 Å². The Morgan fingerprint density at radius 1 is 1.21 bits per heavy atom. The van der Waals surface area contributed by atoms with Crippen molar-refractivity contribution in [3.8, 4) is 0 Å². The Balaban J connectivity index is 2.10. The average Bonchev–Trinajstić information content (AvgIpc) is 2.56. The zero-order chi connectivity index (χ0) is 10.4. The van der Waals surface area contributed by atoms with Crippen molar-refractivity contribution in [3.63, 3.8) is 0 Å². The van der Waals surface area contributed by atoms with Gasteiger partial charge in [-0.2, -0.15) is 0 Å². The normalized spacial score (nSPS) is 22.5. The highest BCUT2D eigenvalue weighted by Crippen LogP contribution is 2.28. The summed E-state index contributed by atoms with van der Waals surface area (Å²) in [5, 5.41) is 12.3. The first kappa shape index (κ1) is 12.0. The molecule has 0 bridgehead atoms. The molecule has 0 aromatic carbocycles. The Morgan fingerprint density at radius 2 is 1.86 bits per heavy atom. The second kappa shape index (κ2) is 6.41. The van der Waals surface area contributed by atoms with Crippen LogP contribution >= 0.6 is 0 Å². The predicted octanol–water partition coefficient (Wildman–Crippen LogP) is 2.32. The van der Waals surface area contributed by atoms with E-state index in [1.54, 1.807) is 0 Å². The Kier molecular flexibility index (Phi) is 5.49. The molecule has 2 N–H and O–H groups in total. The molecular formula is C12H25NO. The lowest BCUT2D eigenvalue weighted by atomic mass is 9.99. The van der Waals surface area contributed by atoms with Gasteiger partial charge in [-0.3, -0.25) is 0 Å². The Labute approximate surface area is 88.1 Å². The summed E-state index contributed by atoms with van der Waals surface area (Å²) in [4.78, 5) is 0. The summed E-state index contributed by atoms with van der Waals surface area (Å²) >= 11 is 0. The molecule has 0 aliphatic heterocycles. The summed E-state index contributed by atoms with van der Waals surface area (Å²) in [6, 6.07) is 1.07. The van der Waals surface area contributed by atoms with E-state index in [0.717, 1.165) is 12.3 Å². The zero-order valence-corrected chi connectivity index (χ0v) is 9.63. The zero-order valence-electron chi connectivity index (χ0n) is 9.63. The third-order valence-corrected chi connectivity index (χ3v) is 3.29. The van der Waals surface area contributed by atoms with Gasteiger partial charge in [0, 0.05) is 18.7 Å². The van der Waals surface area contributed by atoms with E-state index in [1.165, 1.54) is 32.1 Å². The van der Waals surface area contributed by atoms with E-state index in [0.29, 0.717) is 18.7 Å². The van der Waals surface area contributed by atoms with Gasteiger partial charge in [0.2, 0.25) is 0 Å². The van der Waals surface area contributed by atoms with Gasteiger partial charge < -0.3 is 10.4 Å². The summed E-state index contributed by atoms with van der Waals surface area (Å²) in [7, 11) is 0. The first-order chi connectivity index (χ1) is 6.72. The summed E-state index contributed by atoms with van der Waals surface area (Å²) in [5.74, 6) is 0.957. The molecule has 84 valence electrons. The van der Waals surface area contributed by atoms with E-state index in [9.17, 15) is 0 Å². The van der Waals surface area contributed by atoms with E-state index in [4.69, 9.17) is 5.11 Å². The molecule has 2 nitrogen and oxygen atoms in total. The second-order valence-electron chi connectivity index (χ2n) is 4.87. The van der Waals surface area contributed by atoms with Crippen molar-refractivity contribution in [1.82, 2.24) is 5.32 Å². The first-order valence-corrected chi connectivity index (χ1v) is 6.09. The molecule has 0 radical (unpaired) electrons. The van der Waals surface area contributed by atoms with Gasteiger partial charge in [0.25, 0.3) is 0 Å². The van der Waals surface area contributed by atoms with E-state index >= 15 is 0 Å². The van der Waals surface area contributed by atoms with Gasteiger partial charge in [0.1, 0.15) is 0 Å². The maximum atomic E-state index is 8.79. The molecule has 1 unspecified atom stereocenters. The molecule has 1 aliphatic rings. The highest BCUT2D eigenvalue weighted by molar-refractivity contribution is 4.74. The highest BCUT2D eigenvalue weighted by atomic mass is 16.3. The maximum Gasteiger partial charge on any atom is 0.0445 e. The van der Waals surface area contributed by atoms with Crippen LogP contribution in [0.25, 0.3) is 0 Å². The van der Waals surface area contributed by atoms with Crippen molar-refractivity contribution in [2.75, 3.05) is 6.61 Å². The molecule has 0 saturated heterocycles. The standard InChI is InChI=1S/C12H25NO/c1-10(7-8-14)13-11(2)9-12-5-3-4-6-12/h10-14H,3-9H2,1-2H3/t10-,11?/m1/s1. The van der Waals surface area contributed by atoms with Crippen LogP contribution in [0.1, 0.15) is 52.4 Å². The van der Waals surface area contributed by atoms with Gasteiger partial charge in [-0.25, -0.2) is 0 Å². The molecular weight excluding hydrogens is 174 g/mol. The Bertz CT molecular complexity index is 143. The third-order valence-electron chi connectivity index (χ3n) is 3.29. The van der Waals surface area contributed by atoms with Crippen molar-refractivity contribution in [2.45, 2.75) is 64.5 Å². The largest absolute Gasteiger partial charge is 0.396 e. The smallest absolute Gasteiger partial charge is 0.0445 e. The van der Waals surface area contributed by atoms with E-state index in [2.05, 4.69) is 19.2 Å². The average molecular weight is 199 g/mol. The lowest BCUT2D eigenvalue weighted by Gasteiger charge is -2.22. The maximum absolute atomic E-state index is 8.79. The van der Waals surface area contributed by atoms with Crippen LogP contribution in [0.2, 0.25) is 0 Å². The van der Waals surface area contributed by atoms with Crippen LogP contribution in [0.5, 0.6) is 0 Å². The molecule has 0 aromatic heterocycles. The number of rotatable bonds is 6. The fourth-order valence-electron chi connectivity index (χ4n) is 2.58. The minimum Gasteiger partial charge on any atom is -0.396 e. The van der Waals surface area contributed by atoms with Crippen LogP contribution < -0.4 is 5.32 Å². The summed E-state index contributed by atoms with van der Waals surface area (Å²) in [5.41, 5.74) is 0. The Hall–Kier alpha value is -0.0800. The fraction of sp³-hybridized carbons (Fsp3) is 1.00. The first-order valence-electron chi connectivity index (χ1n) is 6.09. The summed E-state index contributed by atoms with van der Waals surface area (Å²) in [6.07, 6.45) is 7.92. The number of aliphatic hydroxyl groups excluding tert-OH is 1. The third kappa shape index (κ3) is 4.43. The lowest BCUT2D eigenvalue weighted by molar-refractivity contribution is 0.259. The van der Waals surface area contributed by atoms with Crippen LogP contribution in [0.3, 0.4) is 0 Å². The van der Waals surface area contributed by atoms with Crippen molar-refractivity contribution in [1.29, 1.82) is 0 Å². The van der Waals surface area contributed by atoms with Crippen molar-refractivity contribution in [2.24, 2.45) is 5.92 Å². The summed E-state index contributed by atoms with van der Waals surface area (Å²) in [6.45, 7) is 4.72. The lowest BCUT2D eigenvalue weighted by Crippen LogP contribution is -2.36. The predicted molar refractivity (Wildman–Crippen MR) is 60.3 cm³/mol. The van der Waals surface area contributed by atoms with Crippen LogP contribution in [0, 0.1) is 5.92 Å². The molecule has 1 fully saturated rings. The number of nitrogens with one attached hydrogen (secondary N) is 1. The van der Waals surface area contributed by atoms with Crippen LogP contribution in [-0.2, 0) is 0 Å². The fourth-order valence-corrected chi connectivity index (χ4v) is 2.58. The summed E-state index contributed by atoms with van der Waals surface area (Å²) < 4.78 is 0. The van der Waals surface area contributed by atoms with Crippen molar-refractivity contribution < 1.29 is 5.11 Å². The quantitative estimate of drug-likeness (QED) is 0.688. The SMILES string of the molecule is CC(CC1CCCC1)N[C@H](C)CCO. The Morgan fingerprint density at radius 3 is 2.43 bits per heavy atom. The van der Waals surface area contributed by atoms with Crippen molar-refractivity contribution >= 4 is 0 Å². The topological polar surface area (TPSA) is 32.3 Å². The van der Waals surface area contributed by atoms with E-state index in [-0.39, 0.29) is 0 Å². The van der Waals surface area contributed by atoms with Gasteiger partial charge in [-0.05, 0) is 32.6 Å². The molecule has 0 aromatic rings. The van der Waals surface area contributed by atoms with Crippen molar-refractivity contribution in [3.05, 3.63) is 0 Å². The van der Waals surface area contributed by atoms with Gasteiger partial charge >= 0.3 is 0 Å². The molecule has 1 saturated carbocycles. The minimum atomic E-state index is 0.296. The van der Waals surface area contributed by atoms with Gasteiger partial charge in [0.15, 0.2) is 0 Å². The van der Waals surface area contributed by atoms with E-state index < -0.39 is 0 Å². The number of aliphatic hydroxyl groups is 1. The molecule has 0 heterocycles. The second-order valence-corrected chi connectivity index (χ2v) is 4.87. The molecule has 2 atom stereocenters. The van der Waals surface area contributed by atoms with Crippen LogP contribution in [0.15, 0.2) is 0 Å². The molecule has 0 amide bonds. The molecule has 1 aliphatic carbocycles. The molecule has 14 heavy (non-hydrogen) atoms. The molecule has 1 rings (SSSR count). The monoisotopic (exact) mass is 199 g/mol. The van der Waals surface area contributed by atoms with E-state index in [1.807, 2.05) is 0 Å². The number of hydrogen-bond acceptors (Lipinski definition) is 2. The molecule has 2 heteroatoms. The van der Waals surface area contributed by atoms with Crippen LogP contribution in [-0.4, -0.2) is 23.8 Å². The molecule has 0 spiro atoms. The van der Waals surface area contributed by atoms with Gasteiger partial charge in [0.05, 0.1) is 0 Å². The number of hydrogen-bond donors (Lipinski definition) is 2.